The van der Waals surface area contributed by atoms with Crippen molar-refractivity contribution in [2.45, 2.75) is 25.1 Å². The highest BCUT2D eigenvalue weighted by Crippen LogP contribution is 2.35. The number of thioether (sulfide) groups is 1. The minimum Gasteiger partial charge on any atom is -0.389 e. The summed E-state index contributed by atoms with van der Waals surface area (Å²) < 4.78 is 0. The van der Waals surface area contributed by atoms with Gasteiger partial charge < -0.3 is 10.6 Å². The van der Waals surface area contributed by atoms with E-state index in [2.05, 4.69) is 29.8 Å². The fourth-order valence-corrected chi connectivity index (χ4v) is 4.11. The maximum atomic E-state index is 5.95. The quantitative estimate of drug-likeness (QED) is 0.862. The van der Waals surface area contributed by atoms with Crippen molar-refractivity contribution >= 4 is 45.6 Å². The molecule has 2 atom stereocenters. The smallest absolute Gasteiger partial charge is 0.107 e. The molecule has 2 unspecified atom stereocenters. The summed E-state index contributed by atoms with van der Waals surface area (Å²) >= 11 is 7.28. The van der Waals surface area contributed by atoms with Crippen molar-refractivity contribution in [2.24, 2.45) is 5.73 Å². The molecule has 0 aliphatic carbocycles. The van der Waals surface area contributed by atoms with E-state index in [0.29, 0.717) is 16.3 Å². The number of para-hydroxylation sites is 1. The molecule has 2 aromatic rings. The van der Waals surface area contributed by atoms with Crippen LogP contribution in [0.5, 0.6) is 0 Å². The van der Waals surface area contributed by atoms with Crippen molar-refractivity contribution in [3.05, 3.63) is 36.0 Å². The second-order valence-corrected chi connectivity index (χ2v) is 7.34. The summed E-state index contributed by atoms with van der Waals surface area (Å²) in [4.78, 5) is 7.36. The van der Waals surface area contributed by atoms with Crippen LogP contribution in [0.15, 0.2) is 30.5 Å². The van der Waals surface area contributed by atoms with Crippen molar-refractivity contribution in [3.8, 4) is 0 Å². The van der Waals surface area contributed by atoms with Gasteiger partial charge in [-0.05, 0) is 13.0 Å². The molecule has 1 saturated heterocycles. The normalized spacial score (nSPS) is 22.5. The van der Waals surface area contributed by atoms with Gasteiger partial charge in [-0.25, -0.2) is 0 Å². The average Bonchev–Trinajstić information content (AvgIpc) is 2.49. The van der Waals surface area contributed by atoms with Crippen LogP contribution in [0.4, 0.5) is 5.69 Å². The summed E-state index contributed by atoms with van der Waals surface area (Å²) in [7, 11) is 0. The third-order valence-electron chi connectivity index (χ3n) is 4.18. The van der Waals surface area contributed by atoms with Crippen molar-refractivity contribution in [1.29, 1.82) is 0 Å². The van der Waals surface area contributed by atoms with Gasteiger partial charge in [-0.3, -0.25) is 4.98 Å². The van der Waals surface area contributed by atoms with E-state index < -0.39 is 0 Å². The van der Waals surface area contributed by atoms with Crippen LogP contribution in [-0.2, 0) is 0 Å². The second-order valence-electron chi connectivity index (χ2n) is 5.41. The molecule has 0 amide bonds. The highest BCUT2D eigenvalue weighted by Gasteiger charge is 2.28. The van der Waals surface area contributed by atoms with Crippen LogP contribution < -0.4 is 10.6 Å². The molecule has 3 rings (SSSR count). The number of anilines is 1. The van der Waals surface area contributed by atoms with Gasteiger partial charge in [0.15, 0.2) is 0 Å². The predicted molar refractivity (Wildman–Crippen MR) is 96.4 cm³/mol. The van der Waals surface area contributed by atoms with E-state index in [1.54, 1.807) is 0 Å². The Labute approximate surface area is 134 Å². The monoisotopic (exact) mass is 317 g/mol. The predicted octanol–water partition coefficient (Wildman–Crippen LogP) is 3.20. The Hall–Kier alpha value is -1.33. The average molecular weight is 317 g/mol. The fourth-order valence-electron chi connectivity index (χ4n) is 2.87. The van der Waals surface area contributed by atoms with E-state index in [1.165, 1.54) is 0 Å². The molecular weight excluding hydrogens is 298 g/mol. The lowest BCUT2D eigenvalue weighted by Crippen LogP contribution is -2.45. The van der Waals surface area contributed by atoms with Crippen molar-refractivity contribution in [2.75, 3.05) is 17.2 Å². The molecule has 1 aliphatic rings. The molecule has 1 aliphatic heterocycles. The summed E-state index contributed by atoms with van der Waals surface area (Å²) in [5, 5.41) is 1.72. The van der Waals surface area contributed by atoms with Crippen LogP contribution in [0, 0.1) is 0 Å². The van der Waals surface area contributed by atoms with Gasteiger partial charge in [-0.1, -0.05) is 37.3 Å². The first-order valence-corrected chi connectivity index (χ1v) is 8.61. The SMILES string of the molecule is CC1SCCN(c2c(C(N)=S)cnc3ccccc23)C1C. The maximum absolute atomic E-state index is 5.95. The Morgan fingerprint density at radius 2 is 2.14 bits per heavy atom. The number of hydrogen-bond donors (Lipinski definition) is 1. The van der Waals surface area contributed by atoms with Gasteiger partial charge in [0.25, 0.3) is 0 Å². The van der Waals surface area contributed by atoms with Crippen LogP contribution in [0.25, 0.3) is 10.9 Å². The Kier molecular flexibility index (Phi) is 4.04. The first-order chi connectivity index (χ1) is 10.1. The zero-order valence-corrected chi connectivity index (χ0v) is 13.9. The molecule has 0 radical (unpaired) electrons. The van der Waals surface area contributed by atoms with E-state index in [1.807, 2.05) is 36.2 Å². The van der Waals surface area contributed by atoms with Crippen LogP contribution in [0.1, 0.15) is 19.4 Å². The first-order valence-electron chi connectivity index (χ1n) is 7.15. The Bertz CT molecular complexity index is 686. The van der Waals surface area contributed by atoms with Gasteiger partial charge in [0.1, 0.15) is 4.99 Å². The minimum atomic E-state index is 0.418. The summed E-state index contributed by atoms with van der Waals surface area (Å²) in [5.41, 5.74) is 8.97. The molecule has 110 valence electrons. The number of rotatable bonds is 2. The number of fused-ring (bicyclic) bond motifs is 1. The Morgan fingerprint density at radius 1 is 1.38 bits per heavy atom. The molecule has 21 heavy (non-hydrogen) atoms. The van der Waals surface area contributed by atoms with Gasteiger partial charge in [-0.15, -0.1) is 0 Å². The third kappa shape index (κ3) is 2.60. The molecule has 2 N–H and O–H groups in total. The fraction of sp³-hybridized carbons (Fsp3) is 0.375. The highest BCUT2D eigenvalue weighted by atomic mass is 32.2. The molecule has 3 nitrogen and oxygen atoms in total. The van der Waals surface area contributed by atoms with Crippen molar-refractivity contribution in [3.63, 3.8) is 0 Å². The molecule has 0 saturated carbocycles. The number of aromatic nitrogens is 1. The molecular formula is C16H19N3S2. The topological polar surface area (TPSA) is 42.1 Å². The van der Waals surface area contributed by atoms with Gasteiger partial charge in [0, 0.05) is 35.2 Å². The van der Waals surface area contributed by atoms with Gasteiger partial charge >= 0.3 is 0 Å². The van der Waals surface area contributed by atoms with E-state index in [0.717, 1.165) is 34.5 Å². The maximum Gasteiger partial charge on any atom is 0.107 e. The molecule has 2 heterocycles. The van der Waals surface area contributed by atoms with Crippen LogP contribution in [-0.4, -0.2) is 33.6 Å². The lowest BCUT2D eigenvalue weighted by molar-refractivity contribution is 0.628. The number of thiocarbonyl (C=S) groups is 1. The van der Waals surface area contributed by atoms with E-state index in [-0.39, 0.29) is 0 Å². The molecule has 1 fully saturated rings. The molecule has 0 spiro atoms. The Balaban J connectivity index is 2.23. The van der Waals surface area contributed by atoms with Crippen LogP contribution in [0.2, 0.25) is 0 Å². The van der Waals surface area contributed by atoms with Gasteiger partial charge in [0.05, 0.1) is 16.8 Å². The number of nitrogens with two attached hydrogens (primary N) is 1. The second kappa shape index (κ2) is 5.81. The molecule has 0 bridgehead atoms. The van der Waals surface area contributed by atoms with Crippen molar-refractivity contribution < 1.29 is 0 Å². The summed E-state index contributed by atoms with van der Waals surface area (Å²) in [5.74, 6) is 1.12. The summed E-state index contributed by atoms with van der Waals surface area (Å²) in [6, 6.07) is 8.65. The lowest BCUT2D eigenvalue weighted by Gasteiger charge is -2.40. The van der Waals surface area contributed by atoms with Gasteiger partial charge in [0.2, 0.25) is 0 Å². The Morgan fingerprint density at radius 3 is 2.90 bits per heavy atom. The minimum absolute atomic E-state index is 0.418. The van der Waals surface area contributed by atoms with Crippen LogP contribution >= 0.6 is 24.0 Å². The molecule has 5 heteroatoms. The number of benzene rings is 1. The first kappa shape index (κ1) is 14.6. The third-order valence-corrected chi connectivity index (χ3v) is 5.74. The zero-order valence-electron chi connectivity index (χ0n) is 12.2. The lowest BCUT2D eigenvalue weighted by atomic mass is 10.1. The van der Waals surface area contributed by atoms with Gasteiger partial charge in [-0.2, -0.15) is 11.8 Å². The molecule has 1 aromatic carbocycles. The summed E-state index contributed by atoms with van der Waals surface area (Å²) in [6.07, 6.45) is 1.82. The van der Waals surface area contributed by atoms with E-state index >= 15 is 0 Å². The van der Waals surface area contributed by atoms with Crippen molar-refractivity contribution in [1.82, 2.24) is 4.98 Å². The standard InChI is InChI=1S/C16H19N3S2/c1-10-11(2)21-8-7-19(10)15-12-5-3-4-6-14(12)18-9-13(15)16(17)20/h3-6,9-11H,7-8H2,1-2H3,(H2,17,20). The highest BCUT2D eigenvalue weighted by molar-refractivity contribution is 8.00. The van der Waals surface area contributed by atoms with E-state index in [9.17, 15) is 0 Å². The number of nitrogens with zero attached hydrogens (tertiary/aromatic N) is 2. The van der Waals surface area contributed by atoms with Crippen LogP contribution in [0.3, 0.4) is 0 Å². The molecule has 1 aromatic heterocycles. The number of hydrogen-bond acceptors (Lipinski definition) is 4. The summed E-state index contributed by atoms with van der Waals surface area (Å²) in [6.45, 7) is 5.57. The largest absolute Gasteiger partial charge is 0.389 e. The number of pyridine rings is 1. The van der Waals surface area contributed by atoms with E-state index in [4.69, 9.17) is 18.0 Å². The zero-order chi connectivity index (χ0) is 15.0.